The Morgan fingerprint density at radius 3 is 1.94 bits per heavy atom. The summed E-state index contributed by atoms with van der Waals surface area (Å²) in [4.78, 5) is 0. The van der Waals surface area contributed by atoms with Crippen molar-refractivity contribution in [2.45, 2.75) is 23.8 Å². The van der Waals surface area contributed by atoms with Gasteiger partial charge in [-0.25, -0.2) is 0 Å². The molecule has 0 radical (unpaired) electrons. The van der Waals surface area contributed by atoms with E-state index < -0.39 is 11.6 Å². The van der Waals surface area contributed by atoms with Crippen LogP contribution in [0.2, 0.25) is 0 Å². The van der Waals surface area contributed by atoms with E-state index in [2.05, 4.69) is 12.1 Å². The van der Waals surface area contributed by atoms with Gasteiger partial charge in [0.25, 0.3) is 11.6 Å². The lowest BCUT2D eigenvalue weighted by atomic mass is 9.88. The Labute approximate surface area is 93.1 Å². The van der Waals surface area contributed by atoms with Crippen LogP contribution in [-0.2, 0) is 18.9 Å². The summed E-state index contributed by atoms with van der Waals surface area (Å²) in [6, 6.07) is 8.12. The van der Waals surface area contributed by atoms with E-state index in [-0.39, 0.29) is 12.2 Å². The number of benzene rings is 1. The average Bonchev–Trinajstić information content (AvgIpc) is 2.79. The van der Waals surface area contributed by atoms with Crippen LogP contribution in [0.3, 0.4) is 0 Å². The second kappa shape index (κ2) is 2.49. The third kappa shape index (κ3) is 0.675. The van der Waals surface area contributed by atoms with Crippen molar-refractivity contribution in [2.24, 2.45) is 0 Å². The summed E-state index contributed by atoms with van der Waals surface area (Å²) in [5, 5.41) is 0. The molecule has 0 aromatic heterocycles. The lowest BCUT2D eigenvalue weighted by Gasteiger charge is -2.20. The van der Waals surface area contributed by atoms with Crippen molar-refractivity contribution in [3.63, 3.8) is 0 Å². The molecule has 4 rings (SSSR count). The summed E-state index contributed by atoms with van der Waals surface area (Å²) >= 11 is 0. The van der Waals surface area contributed by atoms with E-state index in [0.29, 0.717) is 0 Å². The minimum atomic E-state index is -0.735. The van der Waals surface area contributed by atoms with E-state index in [4.69, 9.17) is 18.9 Å². The molecule has 1 aromatic rings. The Morgan fingerprint density at radius 1 is 1.00 bits per heavy atom. The molecule has 2 saturated heterocycles. The molecule has 2 bridgehead atoms. The fourth-order valence-electron chi connectivity index (χ4n) is 3.11. The number of epoxide rings is 1. The number of methoxy groups -OCH3 is 2. The molecule has 2 fully saturated rings. The second-order valence-electron chi connectivity index (χ2n) is 4.37. The molecule has 0 aliphatic carbocycles. The summed E-state index contributed by atoms with van der Waals surface area (Å²) in [7, 11) is 3.26. The highest BCUT2D eigenvalue weighted by Gasteiger charge is 2.88. The van der Waals surface area contributed by atoms with Gasteiger partial charge in [-0.15, -0.1) is 0 Å². The molecule has 4 heteroatoms. The van der Waals surface area contributed by atoms with Crippen LogP contribution >= 0.6 is 0 Å². The zero-order valence-electron chi connectivity index (χ0n) is 9.10. The highest BCUT2D eigenvalue weighted by molar-refractivity contribution is 5.46. The fourth-order valence-corrected chi connectivity index (χ4v) is 3.11. The first-order chi connectivity index (χ1) is 7.79. The molecule has 0 spiro atoms. The van der Waals surface area contributed by atoms with Crippen molar-refractivity contribution in [3.05, 3.63) is 35.4 Å². The van der Waals surface area contributed by atoms with E-state index in [9.17, 15) is 0 Å². The monoisotopic (exact) mass is 220 g/mol. The predicted octanol–water partition coefficient (Wildman–Crippen LogP) is 1.53. The maximum atomic E-state index is 5.92. The smallest absolute Gasteiger partial charge is 0.261 e. The molecule has 1 aromatic carbocycles. The van der Waals surface area contributed by atoms with Crippen molar-refractivity contribution >= 4 is 0 Å². The SMILES string of the molecule is CO[C@]12O[C@@]1(OC)[C@H]1O[C@@H]2c2ccccc21. The minimum absolute atomic E-state index is 0.168. The van der Waals surface area contributed by atoms with Crippen LogP contribution in [0.4, 0.5) is 0 Å². The molecule has 4 atom stereocenters. The number of hydrogen-bond donors (Lipinski definition) is 0. The first-order valence-electron chi connectivity index (χ1n) is 5.34. The van der Waals surface area contributed by atoms with E-state index in [0.717, 1.165) is 11.1 Å². The van der Waals surface area contributed by atoms with Gasteiger partial charge in [-0.05, 0) is 11.1 Å². The molecule has 3 aliphatic heterocycles. The van der Waals surface area contributed by atoms with E-state index in [1.165, 1.54) is 0 Å². The van der Waals surface area contributed by atoms with Crippen LogP contribution < -0.4 is 0 Å². The van der Waals surface area contributed by atoms with Crippen molar-refractivity contribution in [3.8, 4) is 0 Å². The van der Waals surface area contributed by atoms with E-state index in [1.807, 2.05) is 12.1 Å². The van der Waals surface area contributed by atoms with Crippen LogP contribution in [0.15, 0.2) is 24.3 Å². The molecule has 3 aliphatic rings. The molecular formula is C12H12O4. The molecule has 4 nitrogen and oxygen atoms in total. The molecular weight excluding hydrogens is 208 g/mol. The van der Waals surface area contributed by atoms with Gasteiger partial charge in [0, 0.05) is 14.2 Å². The van der Waals surface area contributed by atoms with Gasteiger partial charge in [0.15, 0.2) is 0 Å². The average molecular weight is 220 g/mol. The quantitative estimate of drug-likeness (QED) is 0.709. The van der Waals surface area contributed by atoms with Gasteiger partial charge in [-0.2, -0.15) is 0 Å². The Morgan fingerprint density at radius 2 is 1.50 bits per heavy atom. The van der Waals surface area contributed by atoms with Crippen molar-refractivity contribution in [1.82, 2.24) is 0 Å². The van der Waals surface area contributed by atoms with Gasteiger partial charge in [0.2, 0.25) is 0 Å². The zero-order chi connectivity index (χ0) is 11.0. The second-order valence-corrected chi connectivity index (χ2v) is 4.37. The van der Waals surface area contributed by atoms with E-state index >= 15 is 0 Å². The van der Waals surface area contributed by atoms with Crippen molar-refractivity contribution < 1.29 is 18.9 Å². The van der Waals surface area contributed by atoms with Crippen LogP contribution in [0.1, 0.15) is 23.3 Å². The normalized spacial score (nSPS) is 46.6. The highest BCUT2D eigenvalue weighted by Crippen LogP contribution is 2.74. The fraction of sp³-hybridized carbons (Fsp3) is 0.500. The summed E-state index contributed by atoms with van der Waals surface area (Å²) in [5.41, 5.74) is 2.30. The van der Waals surface area contributed by atoms with Gasteiger partial charge >= 0.3 is 0 Å². The van der Waals surface area contributed by atoms with Gasteiger partial charge < -0.3 is 18.9 Å². The molecule has 0 unspecified atom stereocenters. The Bertz CT molecular complexity index is 433. The zero-order valence-corrected chi connectivity index (χ0v) is 9.10. The molecule has 3 heterocycles. The number of hydrogen-bond acceptors (Lipinski definition) is 4. The third-order valence-corrected chi connectivity index (χ3v) is 3.88. The van der Waals surface area contributed by atoms with Gasteiger partial charge in [0.05, 0.1) is 0 Å². The van der Waals surface area contributed by atoms with Crippen LogP contribution in [-0.4, -0.2) is 25.8 Å². The maximum Gasteiger partial charge on any atom is 0.261 e. The van der Waals surface area contributed by atoms with E-state index in [1.54, 1.807) is 14.2 Å². The molecule has 0 amide bonds. The minimum Gasteiger partial charge on any atom is -0.354 e. The maximum absolute atomic E-state index is 5.92. The number of ether oxygens (including phenoxy) is 4. The Hall–Kier alpha value is -0.940. The van der Waals surface area contributed by atoms with Crippen LogP contribution in [0.25, 0.3) is 0 Å². The lowest BCUT2D eigenvalue weighted by molar-refractivity contribution is -0.149. The van der Waals surface area contributed by atoms with Gasteiger partial charge in [0.1, 0.15) is 12.2 Å². The predicted molar refractivity (Wildman–Crippen MR) is 53.6 cm³/mol. The Balaban J connectivity index is 1.92. The van der Waals surface area contributed by atoms with Crippen LogP contribution in [0, 0.1) is 0 Å². The molecule has 0 saturated carbocycles. The third-order valence-electron chi connectivity index (χ3n) is 3.88. The largest absolute Gasteiger partial charge is 0.354 e. The summed E-state index contributed by atoms with van der Waals surface area (Å²) in [6.07, 6.45) is -0.336. The highest BCUT2D eigenvalue weighted by atomic mass is 16.9. The first kappa shape index (κ1) is 9.13. The van der Waals surface area contributed by atoms with Gasteiger partial charge in [-0.1, -0.05) is 24.3 Å². The summed E-state index contributed by atoms with van der Waals surface area (Å²) < 4.78 is 22.6. The molecule has 0 N–H and O–H groups in total. The van der Waals surface area contributed by atoms with Crippen molar-refractivity contribution in [2.75, 3.05) is 14.2 Å². The summed E-state index contributed by atoms with van der Waals surface area (Å²) in [5.74, 6) is -1.47. The number of rotatable bonds is 2. The standard InChI is InChI=1S/C12H12O4/c1-13-11-9-7-5-3-4-6-8(7)10(15-9)12(11,14-2)16-11/h3-6,9-10H,1-2H3/t9-,10+,11-,12+. The lowest BCUT2D eigenvalue weighted by Crippen LogP contribution is -2.34. The van der Waals surface area contributed by atoms with Crippen LogP contribution in [0.5, 0.6) is 0 Å². The number of fused-ring (bicyclic) bond motifs is 8. The first-order valence-corrected chi connectivity index (χ1v) is 5.34. The molecule has 16 heavy (non-hydrogen) atoms. The summed E-state index contributed by atoms with van der Waals surface area (Å²) in [6.45, 7) is 0. The Kier molecular flexibility index (Phi) is 1.42. The van der Waals surface area contributed by atoms with Crippen molar-refractivity contribution in [1.29, 1.82) is 0 Å². The molecule has 84 valence electrons. The van der Waals surface area contributed by atoms with Gasteiger partial charge in [-0.3, -0.25) is 0 Å². The topological polar surface area (TPSA) is 40.2 Å².